The van der Waals surface area contributed by atoms with Gasteiger partial charge in [0.25, 0.3) is 0 Å². The molecular weight excluding hydrogens is 354 g/mol. The summed E-state index contributed by atoms with van der Waals surface area (Å²) in [5.41, 5.74) is 2.25. The number of carboxylic acid groups (broad SMARTS) is 1. The summed E-state index contributed by atoms with van der Waals surface area (Å²) < 4.78 is 7.44. The lowest BCUT2D eigenvalue weighted by molar-refractivity contribution is 0.202. The Morgan fingerprint density at radius 1 is 1.19 bits per heavy atom. The highest BCUT2D eigenvalue weighted by Gasteiger charge is 2.16. The van der Waals surface area contributed by atoms with E-state index in [9.17, 15) is 9.90 Å². The van der Waals surface area contributed by atoms with E-state index in [4.69, 9.17) is 16.3 Å². The van der Waals surface area contributed by atoms with Gasteiger partial charge >= 0.3 is 6.09 Å². The summed E-state index contributed by atoms with van der Waals surface area (Å²) in [5, 5.41) is 14.4. The Morgan fingerprint density at radius 2 is 1.92 bits per heavy atom. The standard InChI is InChI=1S/C19H18ClN3O3/c1-2-22(19(24)25)17-6-4-3-5-14(17)13-26-18-11-12-23(21-18)16-9-7-15(20)8-10-16/h3-12H,2,13H2,1H3,(H,24,25). The Kier molecular flexibility index (Phi) is 5.43. The van der Waals surface area contributed by atoms with Crippen molar-refractivity contribution in [2.75, 3.05) is 11.4 Å². The Balaban J connectivity index is 1.74. The average Bonchev–Trinajstić information content (AvgIpc) is 3.11. The van der Waals surface area contributed by atoms with Gasteiger partial charge in [-0.05, 0) is 37.3 Å². The van der Waals surface area contributed by atoms with E-state index in [1.807, 2.05) is 24.3 Å². The molecule has 1 amide bonds. The molecule has 0 saturated heterocycles. The SMILES string of the molecule is CCN(C(=O)O)c1ccccc1COc1ccn(-c2ccc(Cl)cc2)n1. The molecule has 3 aromatic rings. The number of nitrogens with zero attached hydrogens (tertiary/aromatic N) is 3. The molecule has 0 fully saturated rings. The van der Waals surface area contributed by atoms with Crippen LogP contribution in [0.5, 0.6) is 5.88 Å². The largest absolute Gasteiger partial charge is 0.472 e. The van der Waals surface area contributed by atoms with Crippen molar-refractivity contribution in [1.82, 2.24) is 9.78 Å². The number of benzene rings is 2. The van der Waals surface area contributed by atoms with Crippen molar-refractivity contribution < 1.29 is 14.6 Å². The maximum atomic E-state index is 11.4. The zero-order valence-corrected chi connectivity index (χ0v) is 14.9. The molecule has 0 atom stereocenters. The number of ether oxygens (including phenoxy) is 1. The summed E-state index contributed by atoms with van der Waals surface area (Å²) in [4.78, 5) is 12.7. The van der Waals surface area contributed by atoms with Crippen LogP contribution in [0.4, 0.5) is 10.5 Å². The van der Waals surface area contributed by atoms with Crippen LogP contribution in [0.15, 0.2) is 60.8 Å². The van der Waals surface area contributed by atoms with Crippen molar-refractivity contribution in [3.05, 3.63) is 71.4 Å². The molecule has 0 saturated carbocycles. The lowest BCUT2D eigenvalue weighted by Gasteiger charge is -2.20. The van der Waals surface area contributed by atoms with Crippen molar-refractivity contribution >= 4 is 23.4 Å². The third-order valence-electron chi connectivity index (χ3n) is 3.86. The van der Waals surface area contributed by atoms with Crippen molar-refractivity contribution in [2.45, 2.75) is 13.5 Å². The highest BCUT2D eigenvalue weighted by molar-refractivity contribution is 6.30. The van der Waals surface area contributed by atoms with Crippen LogP contribution in [0.1, 0.15) is 12.5 Å². The summed E-state index contributed by atoms with van der Waals surface area (Å²) >= 11 is 5.90. The molecule has 0 unspecified atom stereocenters. The lowest BCUT2D eigenvalue weighted by Crippen LogP contribution is -2.29. The first-order valence-electron chi connectivity index (χ1n) is 8.11. The minimum atomic E-state index is -0.994. The second-order valence-corrected chi connectivity index (χ2v) is 5.96. The summed E-state index contributed by atoms with van der Waals surface area (Å²) in [6.07, 6.45) is 0.798. The Hall–Kier alpha value is -2.99. The van der Waals surface area contributed by atoms with E-state index >= 15 is 0 Å². The molecule has 2 aromatic carbocycles. The molecule has 6 nitrogen and oxygen atoms in total. The second kappa shape index (κ2) is 7.93. The number of hydrogen-bond donors (Lipinski definition) is 1. The van der Waals surface area contributed by atoms with Crippen LogP contribution in [-0.4, -0.2) is 27.5 Å². The van der Waals surface area contributed by atoms with Crippen LogP contribution >= 0.6 is 11.6 Å². The van der Waals surface area contributed by atoms with E-state index in [2.05, 4.69) is 5.10 Å². The highest BCUT2D eigenvalue weighted by Crippen LogP contribution is 2.22. The Morgan fingerprint density at radius 3 is 2.62 bits per heavy atom. The highest BCUT2D eigenvalue weighted by atomic mass is 35.5. The van der Waals surface area contributed by atoms with Crippen LogP contribution in [0.25, 0.3) is 5.69 Å². The first-order chi connectivity index (χ1) is 12.6. The monoisotopic (exact) mass is 371 g/mol. The van der Waals surface area contributed by atoms with Crippen LogP contribution in [-0.2, 0) is 6.61 Å². The predicted molar refractivity (Wildman–Crippen MR) is 100 cm³/mol. The molecule has 0 aliphatic carbocycles. The lowest BCUT2D eigenvalue weighted by atomic mass is 10.1. The minimum absolute atomic E-state index is 0.220. The third-order valence-corrected chi connectivity index (χ3v) is 4.11. The summed E-state index contributed by atoms with van der Waals surface area (Å²) in [6, 6.07) is 16.3. The van der Waals surface area contributed by atoms with Gasteiger partial charge in [-0.1, -0.05) is 29.8 Å². The number of para-hydroxylation sites is 1. The van der Waals surface area contributed by atoms with Crippen LogP contribution < -0.4 is 9.64 Å². The van der Waals surface area contributed by atoms with Crippen molar-refractivity contribution in [3.63, 3.8) is 0 Å². The van der Waals surface area contributed by atoms with Gasteiger partial charge < -0.3 is 9.84 Å². The molecule has 0 radical (unpaired) electrons. The summed E-state index contributed by atoms with van der Waals surface area (Å²) in [5.74, 6) is 0.452. The molecule has 26 heavy (non-hydrogen) atoms. The number of rotatable bonds is 6. The van der Waals surface area contributed by atoms with Gasteiger partial charge in [0, 0.05) is 29.4 Å². The molecule has 0 bridgehead atoms. The van der Waals surface area contributed by atoms with E-state index in [1.54, 1.807) is 48.1 Å². The fourth-order valence-corrected chi connectivity index (χ4v) is 2.70. The van der Waals surface area contributed by atoms with Gasteiger partial charge in [-0.2, -0.15) is 0 Å². The molecule has 0 aliphatic heterocycles. The van der Waals surface area contributed by atoms with Gasteiger partial charge in [-0.25, -0.2) is 9.48 Å². The van der Waals surface area contributed by atoms with Crippen LogP contribution in [0.2, 0.25) is 5.02 Å². The van der Waals surface area contributed by atoms with E-state index in [0.29, 0.717) is 23.1 Å². The molecule has 0 aliphatic rings. The van der Waals surface area contributed by atoms with Crippen LogP contribution in [0.3, 0.4) is 0 Å². The second-order valence-electron chi connectivity index (χ2n) is 5.52. The number of aromatic nitrogens is 2. The van der Waals surface area contributed by atoms with E-state index in [-0.39, 0.29) is 6.61 Å². The molecule has 1 aromatic heterocycles. The zero-order chi connectivity index (χ0) is 18.5. The maximum Gasteiger partial charge on any atom is 0.411 e. The Bertz CT molecular complexity index is 893. The quantitative estimate of drug-likeness (QED) is 0.687. The molecule has 1 heterocycles. The fraction of sp³-hybridized carbons (Fsp3) is 0.158. The maximum absolute atomic E-state index is 11.4. The topological polar surface area (TPSA) is 67.6 Å². The number of hydrogen-bond acceptors (Lipinski definition) is 3. The molecule has 0 spiro atoms. The Labute approximate surface area is 156 Å². The third kappa shape index (κ3) is 3.97. The van der Waals surface area contributed by atoms with Gasteiger partial charge in [0.2, 0.25) is 5.88 Å². The molecule has 134 valence electrons. The molecular formula is C19H18ClN3O3. The first-order valence-corrected chi connectivity index (χ1v) is 8.49. The van der Waals surface area contributed by atoms with Crippen molar-refractivity contribution in [1.29, 1.82) is 0 Å². The predicted octanol–water partition coefficient (Wildman–Crippen LogP) is 4.61. The first kappa shape index (κ1) is 17.8. The summed E-state index contributed by atoms with van der Waals surface area (Å²) in [6.45, 7) is 2.37. The van der Waals surface area contributed by atoms with Gasteiger partial charge in [0.1, 0.15) is 6.61 Å². The van der Waals surface area contributed by atoms with E-state index in [1.165, 1.54) is 4.90 Å². The minimum Gasteiger partial charge on any atom is -0.472 e. The van der Waals surface area contributed by atoms with Crippen molar-refractivity contribution in [3.8, 4) is 11.6 Å². The van der Waals surface area contributed by atoms with Gasteiger partial charge in [-0.15, -0.1) is 5.10 Å². The van der Waals surface area contributed by atoms with E-state index in [0.717, 1.165) is 11.3 Å². The smallest absolute Gasteiger partial charge is 0.411 e. The van der Waals surface area contributed by atoms with Gasteiger partial charge in [0.05, 0.1) is 11.4 Å². The number of carbonyl (C=O) groups is 1. The molecule has 7 heteroatoms. The molecule has 1 N–H and O–H groups in total. The average molecular weight is 372 g/mol. The normalized spacial score (nSPS) is 10.5. The van der Waals surface area contributed by atoms with Crippen LogP contribution in [0, 0.1) is 0 Å². The zero-order valence-electron chi connectivity index (χ0n) is 14.2. The number of amides is 1. The van der Waals surface area contributed by atoms with Gasteiger partial charge in [0.15, 0.2) is 0 Å². The fourth-order valence-electron chi connectivity index (χ4n) is 2.58. The van der Waals surface area contributed by atoms with Crippen molar-refractivity contribution in [2.24, 2.45) is 0 Å². The summed E-state index contributed by atoms with van der Waals surface area (Å²) in [7, 11) is 0. The van der Waals surface area contributed by atoms with Gasteiger partial charge in [-0.3, -0.25) is 4.90 Å². The number of anilines is 1. The number of halogens is 1. The molecule has 3 rings (SSSR count). The van der Waals surface area contributed by atoms with E-state index < -0.39 is 6.09 Å².